The summed E-state index contributed by atoms with van der Waals surface area (Å²) in [7, 11) is -1.94. The maximum Gasteiger partial charge on any atom is 0.408 e. The Morgan fingerprint density at radius 3 is 2.52 bits per heavy atom. The predicted molar refractivity (Wildman–Crippen MR) is 113 cm³/mol. The third kappa shape index (κ3) is 5.03. The van der Waals surface area contributed by atoms with E-state index in [4.69, 9.17) is 4.74 Å². The van der Waals surface area contributed by atoms with Crippen molar-refractivity contribution in [3.05, 3.63) is 53.3 Å². The summed E-state index contributed by atoms with van der Waals surface area (Å²) in [5.41, 5.74) is 1.51. The number of benzene rings is 2. The number of amides is 1. The number of halogens is 1. The Labute approximate surface area is 181 Å². The minimum atomic E-state index is -3.45. The lowest BCUT2D eigenvalue weighted by Gasteiger charge is -2.21. The highest BCUT2D eigenvalue weighted by molar-refractivity contribution is 7.89. The Morgan fingerprint density at radius 1 is 1.26 bits per heavy atom. The van der Waals surface area contributed by atoms with E-state index in [0.29, 0.717) is 16.7 Å². The lowest BCUT2D eigenvalue weighted by atomic mass is 9.99. The molecule has 2 aromatic carbocycles. The molecule has 7 nitrogen and oxygen atoms in total. The molecule has 0 bridgehead atoms. The molecule has 0 fully saturated rings. The molecule has 0 spiro atoms. The standard InChI is InChI=1S/C22H24FN3O4S/c1-22(2,3)30-21(27)25-18(12-24)10-16-6-5-15(11-19(16)23)14-7-8-20-17(9-14)13-26(4)31(20,28)29/h5-9,11,18H,10,13H2,1-4H3,(H,25,27)/t18-/m0/s1. The van der Waals surface area contributed by atoms with Crippen LogP contribution in [-0.2, 0) is 27.7 Å². The molecule has 1 N–H and O–H groups in total. The molecule has 0 radical (unpaired) electrons. The quantitative estimate of drug-likeness (QED) is 0.775. The number of ether oxygens (including phenoxy) is 1. The second kappa shape index (κ2) is 8.29. The van der Waals surface area contributed by atoms with Crippen LogP contribution in [0.5, 0.6) is 0 Å². The van der Waals surface area contributed by atoms with Gasteiger partial charge >= 0.3 is 6.09 Å². The van der Waals surface area contributed by atoms with Gasteiger partial charge in [0.05, 0.1) is 11.0 Å². The van der Waals surface area contributed by atoms with Crippen LogP contribution in [0.25, 0.3) is 11.1 Å². The molecule has 2 aromatic rings. The van der Waals surface area contributed by atoms with Crippen LogP contribution in [0.15, 0.2) is 41.3 Å². The number of carbonyl (C=O) groups is 1. The first-order chi connectivity index (χ1) is 14.4. The highest BCUT2D eigenvalue weighted by atomic mass is 32.2. The number of sulfonamides is 1. The zero-order valence-electron chi connectivity index (χ0n) is 17.8. The summed E-state index contributed by atoms with van der Waals surface area (Å²) >= 11 is 0. The summed E-state index contributed by atoms with van der Waals surface area (Å²) in [5.74, 6) is -0.519. The van der Waals surface area contributed by atoms with Crippen molar-refractivity contribution >= 4 is 16.1 Å². The molecule has 164 valence electrons. The van der Waals surface area contributed by atoms with Gasteiger partial charge in [-0.3, -0.25) is 0 Å². The van der Waals surface area contributed by atoms with Crippen molar-refractivity contribution in [2.75, 3.05) is 7.05 Å². The topological polar surface area (TPSA) is 99.5 Å². The third-order valence-electron chi connectivity index (χ3n) is 4.80. The zero-order chi connectivity index (χ0) is 23.0. The highest BCUT2D eigenvalue weighted by Crippen LogP contribution is 2.33. The Kier molecular flexibility index (Phi) is 6.07. The van der Waals surface area contributed by atoms with Crippen LogP contribution in [0, 0.1) is 17.1 Å². The smallest absolute Gasteiger partial charge is 0.408 e. The van der Waals surface area contributed by atoms with E-state index in [1.165, 1.54) is 23.5 Å². The van der Waals surface area contributed by atoms with E-state index < -0.39 is 33.6 Å². The highest BCUT2D eigenvalue weighted by Gasteiger charge is 2.31. The minimum absolute atomic E-state index is 0.0188. The van der Waals surface area contributed by atoms with Gasteiger partial charge in [0.15, 0.2) is 0 Å². The number of hydrogen-bond donors (Lipinski definition) is 1. The molecule has 1 heterocycles. The molecule has 0 aliphatic carbocycles. The van der Waals surface area contributed by atoms with Gasteiger partial charge in [0.2, 0.25) is 10.0 Å². The Bertz CT molecular complexity index is 1170. The van der Waals surface area contributed by atoms with Gasteiger partial charge in [0.1, 0.15) is 17.5 Å². The molecule has 1 atom stereocenters. The van der Waals surface area contributed by atoms with Crippen LogP contribution in [0.2, 0.25) is 0 Å². The fourth-order valence-electron chi connectivity index (χ4n) is 3.32. The number of nitrogens with zero attached hydrogens (tertiary/aromatic N) is 2. The fraction of sp³-hybridized carbons (Fsp3) is 0.364. The fourth-order valence-corrected chi connectivity index (χ4v) is 4.66. The van der Waals surface area contributed by atoms with Crippen LogP contribution in [0.1, 0.15) is 31.9 Å². The van der Waals surface area contributed by atoms with Crippen LogP contribution in [-0.4, -0.2) is 37.5 Å². The number of nitriles is 1. The Balaban J connectivity index is 1.77. The van der Waals surface area contributed by atoms with Gasteiger partial charge in [0.25, 0.3) is 0 Å². The summed E-state index contributed by atoms with van der Waals surface area (Å²) in [6.45, 7) is 5.39. The summed E-state index contributed by atoms with van der Waals surface area (Å²) in [6, 6.07) is 10.5. The van der Waals surface area contributed by atoms with Gasteiger partial charge < -0.3 is 10.1 Å². The predicted octanol–water partition coefficient (Wildman–Crippen LogP) is 3.59. The summed E-state index contributed by atoms with van der Waals surface area (Å²) in [5, 5.41) is 11.8. The molecule has 0 saturated heterocycles. The van der Waals surface area contributed by atoms with E-state index in [1.807, 2.05) is 6.07 Å². The van der Waals surface area contributed by atoms with Crippen molar-refractivity contribution < 1.29 is 22.3 Å². The average Bonchev–Trinajstić information content (AvgIpc) is 2.89. The first kappa shape index (κ1) is 22.7. The van der Waals surface area contributed by atoms with Crippen molar-refractivity contribution in [1.82, 2.24) is 9.62 Å². The number of carbonyl (C=O) groups excluding carboxylic acids is 1. The van der Waals surface area contributed by atoms with Crippen molar-refractivity contribution in [2.45, 2.75) is 50.3 Å². The lowest BCUT2D eigenvalue weighted by molar-refractivity contribution is 0.0515. The van der Waals surface area contributed by atoms with Crippen LogP contribution in [0.4, 0.5) is 9.18 Å². The Morgan fingerprint density at radius 2 is 1.90 bits per heavy atom. The molecule has 1 aliphatic rings. The zero-order valence-corrected chi connectivity index (χ0v) is 18.6. The Hall–Kier alpha value is -2.96. The number of rotatable bonds is 4. The number of hydrogen-bond acceptors (Lipinski definition) is 5. The van der Waals surface area contributed by atoms with Crippen LogP contribution in [0.3, 0.4) is 0 Å². The maximum absolute atomic E-state index is 14.7. The van der Waals surface area contributed by atoms with Crippen molar-refractivity contribution in [3.63, 3.8) is 0 Å². The van der Waals surface area contributed by atoms with E-state index in [1.54, 1.807) is 45.0 Å². The molecule has 1 aliphatic heterocycles. The van der Waals surface area contributed by atoms with Crippen molar-refractivity contribution in [3.8, 4) is 17.2 Å². The van der Waals surface area contributed by atoms with E-state index in [2.05, 4.69) is 5.32 Å². The minimum Gasteiger partial charge on any atom is -0.444 e. The molecule has 3 rings (SSSR count). The van der Waals surface area contributed by atoms with Gasteiger partial charge in [-0.2, -0.15) is 9.57 Å². The number of nitrogens with one attached hydrogen (secondary N) is 1. The largest absolute Gasteiger partial charge is 0.444 e. The second-order valence-corrected chi connectivity index (χ2v) is 10.4. The van der Waals surface area contributed by atoms with Crippen LogP contribution >= 0.6 is 0 Å². The normalized spacial score (nSPS) is 16.3. The lowest BCUT2D eigenvalue weighted by Crippen LogP contribution is -2.39. The van der Waals surface area contributed by atoms with E-state index in [-0.39, 0.29) is 23.4 Å². The van der Waals surface area contributed by atoms with E-state index in [9.17, 15) is 22.9 Å². The SMILES string of the molecule is CN1Cc2cc(-c3ccc(C[C@@H](C#N)NC(=O)OC(C)(C)C)c(F)c3)ccc2S1(=O)=O. The summed E-state index contributed by atoms with van der Waals surface area (Å²) in [4.78, 5) is 12.1. The number of alkyl carbamates (subject to hydrolysis) is 1. The van der Waals surface area contributed by atoms with E-state index >= 15 is 0 Å². The molecular formula is C22H24FN3O4S. The van der Waals surface area contributed by atoms with Gasteiger partial charge in [-0.15, -0.1) is 0 Å². The first-order valence-corrected chi connectivity index (χ1v) is 11.1. The molecule has 0 saturated carbocycles. The van der Waals surface area contributed by atoms with Gasteiger partial charge in [-0.25, -0.2) is 17.6 Å². The first-order valence-electron chi connectivity index (χ1n) is 9.68. The van der Waals surface area contributed by atoms with E-state index in [0.717, 1.165) is 0 Å². The molecule has 31 heavy (non-hydrogen) atoms. The summed E-state index contributed by atoms with van der Waals surface area (Å²) < 4.78 is 45.6. The molecule has 0 aromatic heterocycles. The second-order valence-electron chi connectivity index (χ2n) is 8.42. The van der Waals surface area contributed by atoms with Gasteiger partial charge in [-0.1, -0.05) is 18.2 Å². The molecule has 9 heteroatoms. The van der Waals surface area contributed by atoms with Crippen molar-refractivity contribution in [2.24, 2.45) is 0 Å². The number of fused-ring (bicyclic) bond motifs is 1. The molecule has 0 unspecified atom stereocenters. The summed E-state index contributed by atoms with van der Waals surface area (Å²) in [6.07, 6.45) is -0.760. The monoisotopic (exact) mass is 445 g/mol. The van der Waals surface area contributed by atoms with Crippen LogP contribution < -0.4 is 5.32 Å². The average molecular weight is 446 g/mol. The third-order valence-corrected chi connectivity index (χ3v) is 6.70. The molecule has 1 amide bonds. The maximum atomic E-state index is 14.7. The molecular weight excluding hydrogens is 421 g/mol. The van der Waals surface area contributed by atoms with Gasteiger partial charge in [0, 0.05) is 20.0 Å². The van der Waals surface area contributed by atoms with Crippen molar-refractivity contribution in [1.29, 1.82) is 5.26 Å². The van der Waals surface area contributed by atoms with Gasteiger partial charge in [-0.05, 0) is 61.2 Å².